The number of aromatic nitrogens is 2. The van der Waals surface area contributed by atoms with Gasteiger partial charge in [-0.15, -0.1) is 0 Å². The van der Waals surface area contributed by atoms with Crippen molar-refractivity contribution in [3.05, 3.63) is 40.5 Å². The first kappa shape index (κ1) is 10.3. The quantitative estimate of drug-likeness (QED) is 0.876. The van der Waals surface area contributed by atoms with Gasteiger partial charge in [0.1, 0.15) is 10.8 Å². The van der Waals surface area contributed by atoms with Crippen molar-refractivity contribution in [2.75, 3.05) is 12.4 Å². The predicted octanol–water partition coefficient (Wildman–Crippen LogP) is 3.22. The summed E-state index contributed by atoms with van der Waals surface area (Å²) in [4.78, 5) is 0. The Bertz CT molecular complexity index is 462. The lowest BCUT2D eigenvalue weighted by Crippen LogP contribution is -2.01. The van der Waals surface area contributed by atoms with Gasteiger partial charge in [-0.1, -0.05) is 23.2 Å². The lowest BCUT2D eigenvalue weighted by Gasteiger charge is -2.06. The molecule has 5 heteroatoms. The number of benzene rings is 1. The van der Waals surface area contributed by atoms with E-state index in [0.29, 0.717) is 10.0 Å². The molecule has 2 rings (SSSR count). The molecule has 0 saturated carbocycles. The maximum atomic E-state index is 5.95. The van der Waals surface area contributed by atoms with Crippen molar-refractivity contribution >= 4 is 29.0 Å². The maximum absolute atomic E-state index is 5.95. The van der Waals surface area contributed by atoms with Gasteiger partial charge in [0.05, 0.1) is 11.9 Å². The molecule has 0 aliphatic heterocycles. The van der Waals surface area contributed by atoms with E-state index in [2.05, 4.69) is 10.4 Å². The molecule has 1 heterocycles. The first-order valence-corrected chi connectivity index (χ1v) is 5.15. The summed E-state index contributed by atoms with van der Waals surface area (Å²) < 4.78 is 1.72. The van der Waals surface area contributed by atoms with Crippen LogP contribution in [0.2, 0.25) is 10.0 Å². The second-order valence-electron chi connectivity index (χ2n) is 2.98. The van der Waals surface area contributed by atoms with Crippen molar-refractivity contribution in [1.29, 1.82) is 0 Å². The van der Waals surface area contributed by atoms with Crippen LogP contribution in [-0.4, -0.2) is 16.8 Å². The molecule has 15 heavy (non-hydrogen) atoms. The topological polar surface area (TPSA) is 29.9 Å². The molecule has 0 amide bonds. The molecular weight excluding hydrogens is 233 g/mol. The van der Waals surface area contributed by atoms with E-state index in [0.717, 1.165) is 11.5 Å². The van der Waals surface area contributed by atoms with E-state index >= 15 is 0 Å². The molecule has 0 fully saturated rings. The van der Waals surface area contributed by atoms with Crippen molar-refractivity contribution in [1.82, 2.24) is 9.78 Å². The average molecular weight is 242 g/mol. The van der Waals surface area contributed by atoms with E-state index in [1.54, 1.807) is 17.9 Å². The van der Waals surface area contributed by atoms with Crippen LogP contribution in [0.3, 0.4) is 0 Å². The second-order valence-corrected chi connectivity index (χ2v) is 3.82. The molecule has 1 aromatic carbocycles. The van der Waals surface area contributed by atoms with Gasteiger partial charge in [-0.25, -0.2) is 4.68 Å². The highest BCUT2D eigenvalue weighted by Crippen LogP contribution is 2.24. The second kappa shape index (κ2) is 4.13. The van der Waals surface area contributed by atoms with Crippen LogP contribution in [0.5, 0.6) is 0 Å². The third-order valence-corrected chi connectivity index (χ3v) is 2.56. The van der Waals surface area contributed by atoms with Crippen LogP contribution in [0, 0.1) is 0 Å². The Balaban J connectivity index is 2.49. The van der Waals surface area contributed by atoms with Crippen LogP contribution in [-0.2, 0) is 0 Å². The smallest absolute Gasteiger partial charge is 0.148 e. The van der Waals surface area contributed by atoms with Crippen molar-refractivity contribution in [3.8, 4) is 5.69 Å². The molecule has 2 aromatic rings. The van der Waals surface area contributed by atoms with Gasteiger partial charge >= 0.3 is 0 Å². The third-order valence-electron chi connectivity index (χ3n) is 2.03. The molecule has 0 saturated heterocycles. The van der Waals surface area contributed by atoms with Gasteiger partial charge in [-0.2, -0.15) is 5.10 Å². The molecule has 0 aliphatic rings. The minimum Gasteiger partial charge on any atom is -0.372 e. The largest absolute Gasteiger partial charge is 0.372 e. The number of halogens is 2. The van der Waals surface area contributed by atoms with Crippen LogP contribution in [0.4, 0.5) is 5.82 Å². The fraction of sp³-hybridized carbons (Fsp3) is 0.100. The highest BCUT2D eigenvalue weighted by Gasteiger charge is 2.08. The summed E-state index contributed by atoms with van der Waals surface area (Å²) >= 11 is 11.8. The standard InChI is InChI=1S/C10H9Cl2N3/c1-13-10-9(12)6-14-15(10)8-4-2-7(11)3-5-8/h2-6,13H,1H3. The summed E-state index contributed by atoms with van der Waals surface area (Å²) in [6.07, 6.45) is 1.60. The Morgan fingerprint density at radius 3 is 2.47 bits per heavy atom. The Labute approximate surface area is 97.6 Å². The normalized spacial score (nSPS) is 10.3. The molecule has 0 radical (unpaired) electrons. The fourth-order valence-electron chi connectivity index (χ4n) is 1.33. The van der Waals surface area contributed by atoms with Gasteiger partial charge < -0.3 is 5.32 Å². The highest BCUT2D eigenvalue weighted by molar-refractivity contribution is 6.33. The summed E-state index contributed by atoms with van der Waals surface area (Å²) in [5.74, 6) is 0.763. The molecular formula is C10H9Cl2N3. The van der Waals surface area contributed by atoms with E-state index < -0.39 is 0 Å². The maximum Gasteiger partial charge on any atom is 0.148 e. The zero-order chi connectivity index (χ0) is 10.8. The van der Waals surface area contributed by atoms with Gasteiger partial charge in [0, 0.05) is 12.1 Å². The average Bonchev–Trinajstić information content (AvgIpc) is 2.61. The molecule has 0 aliphatic carbocycles. The van der Waals surface area contributed by atoms with Crippen molar-refractivity contribution in [3.63, 3.8) is 0 Å². The van der Waals surface area contributed by atoms with Crippen LogP contribution in [0.15, 0.2) is 30.5 Å². The summed E-state index contributed by atoms with van der Waals surface area (Å²) in [7, 11) is 1.80. The monoisotopic (exact) mass is 241 g/mol. The molecule has 0 unspecified atom stereocenters. The number of nitrogens with zero attached hydrogens (tertiary/aromatic N) is 2. The van der Waals surface area contributed by atoms with Gasteiger partial charge in [-0.05, 0) is 24.3 Å². The summed E-state index contributed by atoms with van der Waals surface area (Å²) in [5.41, 5.74) is 0.913. The first-order chi connectivity index (χ1) is 7.22. The van der Waals surface area contributed by atoms with Gasteiger partial charge in [0.15, 0.2) is 0 Å². The number of hydrogen-bond acceptors (Lipinski definition) is 2. The highest BCUT2D eigenvalue weighted by atomic mass is 35.5. The molecule has 3 nitrogen and oxygen atoms in total. The number of anilines is 1. The zero-order valence-electron chi connectivity index (χ0n) is 8.04. The van der Waals surface area contributed by atoms with E-state index in [1.807, 2.05) is 24.3 Å². The summed E-state index contributed by atoms with van der Waals surface area (Å²) in [5, 5.41) is 8.45. The Kier molecular flexibility index (Phi) is 2.84. The van der Waals surface area contributed by atoms with E-state index in [-0.39, 0.29) is 0 Å². The van der Waals surface area contributed by atoms with Crippen LogP contribution in [0.1, 0.15) is 0 Å². The molecule has 1 N–H and O–H groups in total. The fourth-order valence-corrected chi connectivity index (χ4v) is 1.68. The molecule has 1 aromatic heterocycles. The SMILES string of the molecule is CNc1c(Cl)cnn1-c1ccc(Cl)cc1. The van der Waals surface area contributed by atoms with E-state index in [4.69, 9.17) is 23.2 Å². The van der Waals surface area contributed by atoms with Crippen molar-refractivity contribution in [2.24, 2.45) is 0 Å². The van der Waals surface area contributed by atoms with Crippen LogP contribution in [0.25, 0.3) is 5.69 Å². The van der Waals surface area contributed by atoms with Gasteiger partial charge in [0.2, 0.25) is 0 Å². The summed E-state index contributed by atoms with van der Waals surface area (Å²) in [6.45, 7) is 0. The van der Waals surface area contributed by atoms with Crippen LogP contribution >= 0.6 is 23.2 Å². The minimum absolute atomic E-state index is 0.590. The summed E-state index contributed by atoms with van der Waals surface area (Å²) in [6, 6.07) is 7.39. The molecule has 0 atom stereocenters. The van der Waals surface area contributed by atoms with Crippen molar-refractivity contribution < 1.29 is 0 Å². The Morgan fingerprint density at radius 2 is 1.87 bits per heavy atom. The van der Waals surface area contributed by atoms with E-state index in [9.17, 15) is 0 Å². The Morgan fingerprint density at radius 1 is 1.20 bits per heavy atom. The molecule has 0 spiro atoms. The predicted molar refractivity (Wildman–Crippen MR) is 63.1 cm³/mol. The molecule has 78 valence electrons. The lowest BCUT2D eigenvalue weighted by molar-refractivity contribution is 0.885. The number of nitrogens with one attached hydrogen (secondary N) is 1. The zero-order valence-corrected chi connectivity index (χ0v) is 9.55. The molecule has 0 bridgehead atoms. The minimum atomic E-state index is 0.590. The van der Waals surface area contributed by atoms with E-state index in [1.165, 1.54) is 0 Å². The van der Waals surface area contributed by atoms with Crippen molar-refractivity contribution in [2.45, 2.75) is 0 Å². The number of hydrogen-bond donors (Lipinski definition) is 1. The lowest BCUT2D eigenvalue weighted by atomic mass is 10.3. The Hall–Kier alpha value is -1.19. The number of rotatable bonds is 2. The third kappa shape index (κ3) is 1.94. The van der Waals surface area contributed by atoms with Crippen LogP contribution < -0.4 is 5.32 Å². The first-order valence-electron chi connectivity index (χ1n) is 4.39. The van der Waals surface area contributed by atoms with Gasteiger partial charge in [0.25, 0.3) is 0 Å². The van der Waals surface area contributed by atoms with Gasteiger partial charge in [-0.3, -0.25) is 0 Å².